The molecule has 0 saturated carbocycles. The van der Waals surface area contributed by atoms with Crippen LogP contribution in [-0.4, -0.2) is 16.6 Å². The highest BCUT2D eigenvalue weighted by Crippen LogP contribution is 2.27. The smallest absolute Gasteiger partial charge is 0.0675 e. The molecule has 3 nitrogen and oxygen atoms in total. The Kier molecular flexibility index (Phi) is 2.34. The average Bonchev–Trinajstić information content (AvgIpc) is 2.65. The van der Waals surface area contributed by atoms with Crippen LogP contribution in [0.2, 0.25) is 0 Å². The highest BCUT2D eigenvalue weighted by molar-refractivity contribution is 6.07. The third-order valence-corrected chi connectivity index (χ3v) is 3.25. The van der Waals surface area contributed by atoms with E-state index in [9.17, 15) is 0 Å². The van der Waals surface area contributed by atoms with Crippen molar-refractivity contribution in [1.29, 1.82) is 0 Å². The van der Waals surface area contributed by atoms with E-state index in [1.165, 1.54) is 27.4 Å². The van der Waals surface area contributed by atoms with Gasteiger partial charge in [-0.05, 0) is 30.8 Å². The van der Waals surface area contributed by atoms with E-state index in [2.05, 4.69) is 46.2 Å². The number of nitrogens with one attached hydrogen (secondary N) is 1. The molecular weight excluding hydrogens is 210 g/mol. The number of benzene rings is 1. The summed E-state index contributed by atoms with van der Waals surface area (Å²) in [6.07, 6.45) is 3.78. The van der Waals surface area contributed by atoms with Gasteiger partial charge in [-0.1, -0.05) is 6.07 Å². The summed E-state index contributed by atoms with van der Waals surface area (Å²) in [6.45, 7) is 0.900. The van der Waals surface area contributed by atoms with Gasteiger partial charge in [0.1, 0.15) is 0 Å². The first-order valence-corrected chi connectivity index (χ1v) is 5.77. The van der Waals surface area contributed by atoms with Crippen LogP contribution in [0.15, 0.2) is 36.7 Å². The van der Waals surface area contributed by atoms with Crippen molar-refractivity contribution in [1.82, 2.24) is 14.9 Å². The van der Waals surface area contributed by atoms with Gasteiger partial charge < -0.3 is 9.88 Å². The molecule has 0 atom stereocenters. The van der Waals surface area contributed by atoms with Gasteiger partial charge in [-0.25, -0.2) is 0 Å². The number of fused-ring (bicyclic) bond motifs is 3. The quantitative estimate of drug-likeness (QED) is 0.726. The first kappa shape index (κ1) is 10.3. The van der Waals surface area contributed by atoms with Crippen LogP contribution in [0.5, 0.6) is 0 Å². The van der Waals surface area contributed by atoms with Gasteiger partial charge >= 0.3 is 0 Å². The van der Waals surface area contributed by atoms with Crippen molar-refractivity contribution in [3.63, 3.8) is 0 Å². The third kappa shape index (κ3) is 1.51. The Morgan fingerprint density at radius 2 is 2.06 bits per heavy atom. The van der Waals surface area contributed by atoms with Gasteiger partial charge in [0.2, 0.25) is 0 Å². The largest absolute Gasteiger partial charge is 0.342 e. The van der Waals surface area contributed by atoms with Crippen LogP contribution in [0.3, 0.4) is 0 Å². The van der Waals surface area contributed by atoms with E-state index in [0.717, 1.165) is 6.54 Å². The molecule has 17 heavy (non-hydrogen) atoms. The van der Waals surface area contributed by atoms with Crippen molar-refractivity contribution in [2.45, 2.75) is 6.54 Å². The van der Waals surface area contributed by atoms with E-state index in [1.54, 1.807) is 0 Å². The third-order valence-electron chi connectivity index (χ3n) is 3.25. The lowest BCUT2D eigenvalue weighted by atomic mass is 10.1. The predicted octanol–water partition coefficient (Wildman–Crippen LogP) is 2.45. The summed E-state index contributed by atoms with van der Waals surface area (Å²) in [5.41, 5.74) is 3.75. The zero-order chi connectivity index (χ0) is 11.8. The minimum absolute atomic E-state index is 0.900. The van der Waals surface area contributed by atoms with Crippen LogP contribution >= 0.6 is 0 Å². The molecule has 0 amide bonds. The van der Waals surface area contributed by atoms with Crippen LogP contribution < -0.4 is 5.32 Å². The number of aromatic nitrogens is 2. The predicted molar refractivity (Wildman–Crippen MR) is 71.0 cm³/mol. The molecule has 0 fully saturated rings. The highest BCUT2D eigenvalue weighted by Gasteiger charge is 2.07. The zero-order valence-corrected chi connectivity index (χ0v) is 10.1. The maximum Gasteiger partial charge on any atom is 0.0675 e. The summed E-state index contributed by atoms with van der Waals surface area (Å²) in [7, 11) is 4.06. The zero-order valence-electron chi connectivity index (χ0n) is 10.1. The molecule has 0 radical (unpaired) electrons. The lowest BCUT2D eigenvalue weighted by Crippen LogP contribution is -2.04. The molecule has 2 heterocycles. The highest BCUT2D eigenvalue weighted by atomic mass is 14.9. The molecular formula is C14H15N3. The fourth-order valence-corrected chi connectivity index (χ4v) is 2.42. The Morgan fingerprint density at radius 3 is 2.88 bits per heavy atom. The first-order chi connectivity index (χ1) is 8.31. The molecule has 2 aromatic heterocycles. The Labute approximate surface area is 100 Å². The van der Waals surface area contributed by atoms with Crippen molar-refractivity contribution in [2.75, 3.05) is 7.05 Å². The Hall–Kier alpha value is -1.87. The monoisotopic (exact) mass is 225 g/mol. The van der Waals surface area contributed by atoms with E-state index >= 15 is 0 Å². The standard InChI is InChI=1S/C14H15N3/c1-15-8-10-3-4-13-12(7-10)11-5-6-16-9-14(11)17(13)2/h3-7,9,15H,8H2,1-2H3. The number of rotatable bonds is 2. The molecule has 0 saturated heterocycles. The van der Waals surface area contributed by atoms with Crippen LogP contribution in [0.4, 0.5) is 0 Å². The second-order valence-corrected chi connectivity index (χ2v) is 4.33. The fourth-order valence-electron chi connectivity index (χ4n) is 2.42. The minimum atomic E-state index is 0.900. The van der Waals surface area contributed by atoms with Crippen molar-refractivity contribution in [2.24, 2.45) is 7.05 Å². The van der Waals surface area contributed by atoms with E-state index in [4.69, 9.17) is 0 Å². The molecule has 1 N–H and O–H groups in total. The summed E-state index contributed by atoms with van der Waals surface area (Å²) in [5, 5.41) is 5.76. The molecule has 3 rings (SSSR count). The second kappa shape index (κ2) is 3.86. The Bertz CT molecular complexity index is 682. The fraction of sp³-hybridized carbons (Fsp3) is 0.214. The van der Waals surface area contributed by atoms with E-state index in [0.29, 0.717) is 0 Å². The molecule has 0 aliphatic carbocycles. The van der Waals surface area contributed by atoms with Crippen LogP contribution in [0, 0.1) is 0 Å². The molecule has 3 heteroatoms. The van der Waals surface area contributed by atoms with Crippen molar-refractivity contribution in [3.8, 4) is 0 Å². The van der Waals surface area contributed by atoms with Crippen molar-refractivity contribution >= 4 is 21.8 Å². The lowest BCUT2D eigenvalue weighted by Gasteiger charge is -2.01. The van der Waals surface area contributed by atoms with Gasteiger partial charge in [0.15, 0.2) is 0 Å². The molecule has 0 aliphatic rings. The van der Waals surface area contributed by atoms with Gasteiger partial charge in [-0.2, -0.15) is 0 Å². The average molecular weight is 225 g/mol. The topological polar surface area (TPSA) is 29.9 Å². The summed E-state index contributed by atoms with van der Waals surface area (Å²) in [6, 6.07) is 8.70. The molecule has 0 unspecified atom stereocenters. The van der Waals surface area contributed by atoms with Gasteiger partial charge in [-0.15, -0.1) is 0 Å². The summed E-state index contributed by atoms with van der Waals surface area (Å²) in [5.74, 6) is 0. The van der Waals surface area contributed by atoms with Crippen LogP contribution in [-0.2, 0) is 13.6 Å². The minimum Gasteiger partial charge on any atom is -0.342 e. The number of hydrogen-bond acceptors (Lipinski definition) is 2. The summed E-state index contributed by atoms with van der Waals surface area (Å²) in [4.78, 5) is 4.19. The second-order valence-electron chi connectivity index (χ2n) is 4.33. The van der Waals surface area contributed by atoms with Gasteiger partial charge in [0, 0.05) is 36.1 Å². The maximum atomic E-state index is 4.19. The molecule has 3 aromatic rings. The molecule has 86 valence electrons. The Balaban J connectivity index is 2.38. The number of hydrogen-bond donors (Lipinski definition) is 1. The normalized spacial score (nSPS) is 11.4. The maximum absolute atomic E-state index is 4.19. The van der Waals surface area contributed by atoms with Crippen LogP contribution in [0.25, 0.3) is 21.8 Å². The molecule has 0 bridgehead atoms. The van der Waals surface area contributed by atoms with Gasteiger partial charge in [-0.3, -0.25) is 4.98 Å². The van der Waals surface area contributed by atoms with Crippen molar-refractivity contribution < 1.29 is 0 Å². The molecule has 0 spiro atoms. The van der Waals surface area contributed by atoms with E-state index in [1.807, 2.05) is 19.4 Å². The summed E-state index contributed by atoms with van der Waals surface area (Å²) < 4.78 is 2.20. The number of nitrogens with zero attached hydrogens (tertiary/aromatic N) is 2. The Morgan fingerprint density at radius 1 is 1.18 bits per heavy atom. The summed E-state index contributed by atoms with van der Waals surface area (Å²) >= 11 is 0. The van der Waals surface area contributed by atoms with Crippen molar-refractivity contribution in [3.05, 3.63) is 42.2 Å². The van der Waals surface area contributed by atoms with Crippen LogP contribution in [0.1, 0.15) is 5.56 Å². The SMILES string of the molecule is CNCc1ccc2c(c1)c1ccncc1n2C. The number of pyridine rings is 1. The van der Waals surface area contributed by atoms with E-state index < -0.39 is 0 Å². The first-order valence-electron chi connectivity index (χ1n) is 5.77. The lowest BCUT2D eigenvalue weighted by molar-refractivity contribution is 0.819. The molecule has 0 aliphatic heterocycles. The van der Waals surface area contributed by atoms with Gasteiger partial charge in [0.25, 0.3) is 0 Å². The van der Waals surface area contributed by atoms with Gasteiger partial charge in [0.05, 0.1) is 11.7 Å². The molecule has 1 aromatic carbocycles. The number of aryl methyl sites for hydroxylation is 1. The van der Waals surface area contributed by atoms with E-state index in [-0.39, 0.29) is 0 Å².